The second-order valence-corrected chi connectivity index (χ2v) is 11.6. The van der Waals surface area contributed by atoms with Crippen LogP contribution in [0.25, 0.3) is 0 Å². The van der Waals surface area contributed by atoms with Crippen molar-refractivity contribution in [1.82, 2.24) is 9.80 Å². The Bertz CT molecular complexity index is 1360. The highest BCUT2D eigenvalue weighted by Crippen LogP contribution is 2.29. The number of hydrogen-bond acceptors (Lipinski definition) is 5. The Hall–Kier alpha value is -3.91. The highest BCUT2D eigenvalue weighted by atomic mass is 19.1. The third-order valence-corrected chi connectivity index (χ3v) is 8.26. The van der Waals surface area contributed by atoms with Gasteiger partial charge in [-0.3, -0.25) is 14.5 Å². The Morgan fingerprint density at radius 2 is 1.65 bits per heavy atom. The molecule has 7 nitrogen and oxygen atoms in total. The van der Waals surface area contributed by atoms with E-state index in [1.165, 1.54) is 12.1 Å². The second kappa shape index (κ2) is 15.0. The molecular weight excluding hydrogens is 543 g/mol. The molecule has 0 unspecified atom stereocenters. The average Bonchev–Trinajstić information content (AvgIpc) is 3.03. The molecule has 0 N–H and O–H groups in total. The van der Waals surface area contributed by atoms with Crippen molar-refractivity contribution >= 4 is 23.2 Å². The van der Waals surface area contributed by atoms with E-state index in [0.29, 0.717) is 38.6 Å². The molecule has 2 amide bonds. The molecule has 3 aromatic carbocycles. The Morgan fingerprint density at radius 3 is 2.33 bits per heavy atom. The quantitative estimate of drug-likeness (QED) is 0.339. The number of aryl methyl sites for hydroxylation is 1. The number of nitrogens with zero attached hydrogens (tertiary/aromatic N) is 4. The number of hydrogen-bond donors (Lipinski definition) is 0. The van der Waals surface area contributed by atoms with E-state index in [0.717, 1.165) is 53.3 Å². The summed E-state index contributed by atoms with van der Waals surface area (Å²) in [7, 11) is 3.55. The van der Waals surface area contributed by atoms with Gasteiger partial charge in [0.2, 0.25) is 11.8 Å². The lowest BCUT2D eigenvalue weighted by Crippen LogP contribution is -2.42. The summed E-state index contributed by atoms with van der Waals surface area (Å²) in [5, 5.41) is 0. The molecule has 0 atom stereocenters. The standard InChI is InChI=1S/C35H45FN4O3/c1-26(2)38-19-7-20-40(34(42)24-28-10-16-32(43-5)17-11-28)35-27(3)8-6-9-29(35)25-39(23-22-38)33(41)18-21-37(4)31-14-12-30(36)13-15-31/h6,8-17,26H,7,18-25H2,1-5H3. The van der Waals surface area contributed by atoms with Crippen LogP contribution in [0.1, 0.15) is 43.4 Å². The van der Waals surface area contributed by atoms with Crippen molar-refractivity contribution < 1.29 is 18.7 Å². The van der Waals surface area contributed by atoms with Crippen molar-refractivity contribution in [3.05, 3.63) is 89.2 Å². The molecule has 1 heterocycles. The van der Waals surface area contributed by atoms with Gasteiger partial charge >= 0.3 is 0 Å². The molecule has 3 aromatic rings. The summed E-state index contributed by atoms with van der Waals surface area (Å²) in [6, 6.07) is 20.4. The van der Waals surface area contributed by atoms with E-state index in [4.69, 9.17) is 4.74 Å². The van der Waals surface area contributed by atoms with Crippen LogP contribution in [0.5, 0.6) is 5.75 Å². The van der Waals surface area contributed by atoms with Gasteiger partial charge in [0.05, 0.1) is 19.2 Å². The number of carbonyl (C=O) groups excluding carboxylic acids is 2. The van der Waals surface area contributed by atoms with E-state index >= 15 is 0 Å². The lowest BCUT2D eigenvalue weighted by atomic mass is 10.0. The number of rotatable bonds is 8. The molecule has 0 saturated carbocycles. The van der Waals surface area contributed by atoms with Crippen LogP contribution < -0.4 is 14.5 Å². The van der Waals surface area contributed by atoms with Crippen molar-refractivity contribution in [2.24, 2.45) is 0 Å². The van der Waals surface area contributed by atoms with Gasteiger partial charge in [-0.1, -0.05) is 30.3 Å². The fourth-order valence-electron chi connectivity index (χ4n) is 5.66. The molecule has 230 valence electrons. The summed E-state index contributed by atoms with van der Waals surface area (Å²) in [6.45, 7) is 10.1. The largest absolute Gasteiger partial charge is 0.497 e. The van der Waals surface area contributed by atoms with Crippen LogP contribution in [-0.2, 0) is 22.6 Å². The fraction of sp³-hybridized carbons (Fsp3) is 0.429. The first-order valence-corrected chi connectivity index (χ1v) is 15.2. The van der Waals surface area contributed by atoms with Crippen LogP contribution in [0.2, 0.25) is 0 Å². The maximum absolute atomic E-state index is 13.9. The molecule has 0 aliphatic carbocycles. The monoisotopic (exact) mass is 588 g/mol. The molecule has 0 radical (unpaired) electrons. The van der Waals surface area contributed by atoms with E-state index in [9.17, 15) is 14.0 Å². The average molecular weight is 589 g/mol. The Kier molecular flexibility index (Phi) is 11.2. The highest BCUT2D eigenvalue weighted by Gasteiger charge is 2.26. The van der Waals surface area contributed by atoms with Crippen LogP contribution >= 0.6 is 0 Å². The Balaban J connectivity index is 1.59. The van der Waals surface area contributed by atoms with E-state index < -0.39 is 0 Å². The van der Waals surface area contributed by atoms with E-state index in [1.54, 1.807) is 19.2 Å². The normalized spacial score (nSPS) is 14.7. The number of benzene rings is 3. The number of fused-ring (bicyclic) bond motifs is 1. The summed E-state index contributed by atoms with van der Waals surface area (Å²) in [5.74, 6) is 0.572. The van der Waals surface area contributed by atoms with E-state index in [1.807, 2.05) is 71.1 Å². The maximum Gasteiger partial charge on any atom is 0.231 e. The summed E-state index contributed by atoms with van der Waals surface area (Å²) < 4.78 is 18.7. The van der Waals surface area contributed by atoms with Gasteiger partial charge in [-0.15, -0.1) is 0 Å². The summed E-state index contributed by atoms with van der Waals surface area (Å²) in [6.07, 6.45) is 1.44. The van der Waals surface area contributed by atoms with Crippen molar-refractivity contribution in [2.75, 3.05) is 56.7 Å². The first-order valence-electron chi connectivity index (χ1n) is 15.2. The maximum atomic E-state index is 13.9. The van der Waals surface area contributed by atoms with Gasteiger partial charge in [-0.05, 0) is 80.3 Å². The molecule has 0 bridgehead atoms. The number of methoxy groups -OCH3 is 1. The smallest absolute Gasteiger partial charge is 0.231 e. The topological polar surface area (TPSA) is 56.3 Å². The predicted octanol–water partition coefficient (Wildman–Crippen LogP) is 5.69. The number of para-hydroxylation sites is 1. The zero-order valence-corrected chi connectivity index (χ0v) is 26.2. The predicted molar refractivity (Wildman–Crippen MR) is 171 cm³/mol. The lowest BCUT2D eigenvalue weighted by Gasteiger charge is -2.30. The number of anilines is 2. The van der Waals surface area contributed by atoms with Crippen molar-refractivity contribution in [3.8, 4) is 5.75 Å². The van der Waals surface area contributed by atoms with Crippen molar-refractivity contribution in [1.29, 1.82) is 0 Å². The van der Waals surface area contributed by atoms with Gasteiger partial charge in [0.1, 0.15) is 11.6 Å². The number of halogens is 1. The highest BCUT2D eigenvalue weighted by molar-refractivity contribution is 5.96. The summed E-state index contributed by atoms with van der Waals surface area (Å²) >= 11 is 0. The van der Waals surface area contributed by atoms with Crippen LogP contribution in [0.3, 0.4) is 0 Å². The summed E-state index contributed by atoms with van der Waals surface area (Å²) in [5.41, 5.74) is 4.69. The van der Waals surface area contributed by atoms with Gasteiger partial charge in [0.15, 0.2) is 0 Å². The molecule has 0 spiro atoms. The second-order valence-electron chi connectivity index (χ2n) is 11.6. The third kappa shape index (κ3) is 8.57. The molecule has 0 aromatic heterocycles. The van der Waals surface area contributed by atoms with Crippen LogP contribution in [0, 0.1) is 12.7 Å². The SMILES string of the molecule is COc1ccc(CC(=O)N2CCCN(C(C)C)CCN(C(=O)CCN(C)c3ccc(F)cc3)Cc3cccc(C)c32)cc1. The molecule has 8 heteroatoms. The first kappa shape index (κ1) is 32.0. The fourth-order valence-corrected chi connectivity index (χ4v) is 5.66. The number of ether oxygens (including phenoxy) is 1. The minimum atomic E-state index is -0.281. The molecule has 1 aliphatic rings. The molecule has 0 saturated heterocycles. The van der Waals surface area contributed by atoms with Crippen LogP contribution in [0.15, 0.2) is 66.7 Å². The van der Waals surface area contributed by atoms with Gasteiger partial charge < -0.3 is 19.4 Å². The van der Waals surface area contributed by atoms with Gasteiger partial charge in [-0.25, -0.2) is 4.39 Å². The Labute approximate surface area is 255 Å². The molecule has 1 aliphatic heterocycles. The van der Waals surface area contributed by atoms with Crippen molar-refractivity contribution in [3.63, 3.8) is 0 Å². The van der Waals surface area contributed by atoms with Gasteiger partial charge in [0, 0.05) is 64.5 Å². The minimum Gasteiger partial charge on any atom is -0.497 e. The van der Waals surface area contributed by atoms with Crippen molar-refractivity contribution in [2.45, 2.75) is 52.6 Å². The number of amides is 2. The van der Waals surface area contributed by atoms with Crippen LogP contribution in [0.4, 0.5) is 15.8 Å². The zero-order valence-electron chi connectivity index (χ0n) is 26.2. The van der Waals surface area contributed by atoms with Gasteiger partial charge in [0.25, 0.3) is 0 Å². The lowest BCUT2D eigenvalue weighted by molar-refractivity contribution is -0.132. The first-order chi connectivity index (χ1) is 20.7. The number of carbonyl (C=O) groups is 2. The summed E-state index contributed by atoms with van der Waals surface area (Å²) in [4.78, 5) is 35.9. The third-order valence-electron chi connectivity index (χ3n) is 8.26. The molecular formula is C35H45FN4O3. The minimum absolute atomic E-state index is 0.0369. The molecule has 4 rings (SSSR count). The van der Waals surface area contributed by atoms with Crippen LogP contribution in [-0.4, -0.2) is 74.5 Å². The van der Waals surface area contributed by atoms with E-state index in [-0.39, 0.29) is 24.1 Å². The molecule has 43 heavy (non-hydrogen) atoms. The zero-order chi connectivity index (χ0) is 30.9. The molecule has 0 fully saturated rings. The van der Waals surface area contributed by atoms with E-state index in [2.05, 4.69) is 18.7 Å². The van der Waals surface area contributed by atoms with Gasteiger partial charge in [-0.2, -0.15) is 0 Å². The Morgan fingerprint density at radius 1 is 0.930 bits per heavy atom.